The number of nitrogens with one attached hydrogen (secondary N) is 1. The molecule has 2 aromatic rings. The van der Waals surface area contributed by atoms with E-state index in [0.717, 1.165) is 0 Å². The quantitative estimate of drug-likeness (QED) is 0.747. The van der Waals surface area contributed by atoms with Crippen LogP contribution in [0.15, 0.2) is 24.3 Å². The maximum absolute atomic E-state index is 10.7. The number of hydrogen-bond acceptors (Lipinski definition) is 4. The van der Waals surface area contributed by atoms with E-state index in [4.69, 9.17) is 9.84 Å². The number of carboxylic acid groups (broad SMARTS) is 1. The van der Waals surface area contributed by atoms with Gasteiger partial charge in [0.15, 0.2) is 0 Å². The minimum Gasteiger partial charge on any atom is -0.507 e. The molecule has 6 heteroatoms. The van der Waals surface area contributed by atoms with Gasteiger partial charge in [-0.1, -0.05) is 0 Å². The molecule has 3 N–H and O–H groups in total. The number of phenolic OH excluding ortho intramolecular Hbond substituents is 1. The van der Waals surface area contributed by atoms with Crippen LogP contribution in [0, 0.1) is 0 Å². The lowest BCUT2D eigenvalue weighted by Gasteiger charge is -2.03. The number of aromatic hydroxyl groups is 1. The second-order valence-corrected chi connectivity index (χ2v) is 3.36. The summed E-state index contributed by atoms with van der Waals surface area (Å²) in [6.07, 6.45) is 0. The van der Waals surface area contributed by atoms with Crippen molar-refractivity contribution in [1.29, 1.82) is 0 Å². The van der Waals surface area contributed by atoms with Gasteiger partial charge in [0.1, 0.15) is 17.2 Å². The number of hydrogen-bond donors (Lipinski definition) is 3. The predicted molar refractivity (Wildman–Crippen MR) is 59.2 cm³/mol. The Morgan fingerprint density at radius 1 is 1.41 bits per heavy atom. The Hall–Kier alpha value is -2.50. The average Bonchev–Trinajstić information content (AvgIpc) is 2.78. The SMILES string of the molecule is COc1ccc(-c2cc(C(=O)O)[nH]n2)c(O)c1. The summed E-state index contributed by atoms with van der Waals surface area (Å²) in [6.45, 7) is 0. The number of H-pyrrole nitrogens is 1. The maximum Gasteiger partial charge on any atom is 0.353 e. The van der Waals surface area contributed by atoms with Gasteiger partial charge in [0, 0.05) is 11.6 Å². The molecule has 1 aromatic heterocycles. The molecule has 0 atom stereocenters. The van der Waals surface area contributed by atoms with Crippen molar-refractivity contribution in [2.24, 2.45) is 0 Å². The van der Waals surface area contributed by atoms with Gasteiger partial charge < -0.3 is 14.9 Å². The topological polar surface area (TPSA) is 95.4 Å². The van der Waals surface area contributed by atoms with Crippen molar-refractivity contribution < 1.29 is 19.7 Å². The molecule has 0 aliphatic heterocycles. The molecule has 88 valence electrons. The summed E-state index contributed by atoms with van der Waals surface area (Å²) in [7, 11) is 1.49. The summed E-state index contributed by atoms with van der Waals surface area (Å²) in [5.41, 5.74) is 0.771. The van der Waals surface area contributed by atoms with Crippen LogP contribution in [-0.2, 0) is 0 Å². The van der Waals surface area contributed by atoms with Gasteiger partial charge in [0.2, 0.25) is 0 Å². The molecule has 0 aliphatic carbocycles. The summed E-state index contributed by atoms with van der Waals surface area (Å²) < 4.78 is 4.95. The van der Waals surface area contributed by atoms with E-state index < -0.39 is 5.97 Å². The molecular weight excluding hydrogens is 224 g/mol. The molecule has 0 bridgehead atoms. The molecule has 0 radical (unpaired) electrons. The Morgan fingerprint density at radius 3 is 2.71 bits per heavy atom. The van der Waals surface area contributed by atoms with Crippen molar-refractivity contribution in [3.63, 3.8) is 0 Å². The van der Waals surface area contributed by atoms with E-state index in [1.165, 1.54) is 19.2 Å². The number of nitrogens with zero attached hydrogens (tertiary/aromatic N) is 1. The zero-order chi connectivity index (χ0) is 12.4. The minimum atomic E-state index is -1.10. The van der Waals surface area contributed by atoms with E-state index in [9.17, 15) is 9.90 Å². The van der Waals surface area contributed by atoms with Gasteiger partial charge in [0.25, 0.3) is 0 Å². The van der Waals surface area contributed by atoms with Crippen LogP contribution < -0.4 is 4.74 Å². The lowest BCUT2D eigenvalue weighted by atomic mass is 10.1. The van der Waals surface area contributed by atoms with Gasteiger partial charge in [-0.3, -0.25) is 5.10 Å². The minimum absolute atomic E-state index is 0.0206. The lowest BCUT2D eigenvalue weighted by molar-refractivity contribution is 0.0690. The van der Waals surface area contributed by atoms with Crippen molar-refractivity contribution in [3.05, 3.63) is 30.0 Å². The Balaban J connectivity index is 2.42. The smallest absolute Gasteiger partial charge is 0.353 e. The van der Waals surface area contributed by atoms with Crippen LogP contribution in [0.1, 0.15) is 10.5 Å². The van der Waals surface area contributed by atoms with Crippen LogP contribution in [0.3, 0.4) is 0 Å². The molecule has 1 heterocycles. The summed E-state index contributed by atoms with van der Waals surface area (Å²) >= 11 is 0. The Labute approximate surface area is 96.5 Å². The third-order valence-electron chi connectivity index (χ3n) is 2.29. The first-order chi connectivity index (χ1) is 8.11. The summed E-state index contributed by atoms with van der Waals surface area (Å²) in [5.74, 6) is -0.607. The van der Waals surface area contributed by atoms with Gasteiger partial charge in [-0.2, -0.15) is 5.10 Å². The standard InChI is InChI=1S/C11H10N2O4/c1-17-6-2-3-7(10(14)4-6)8-5-9(11(15)16)13-12-8/h2-5,14H,1H3,(H,12,13)(H,15,16). The zero-order valence-corrected chi connectivity index (χ0v) is 8.97. The highest BCUT2D eigenvalue weighted by Gasteiger charge is 2.12. The van der Waals surface area contributed by atoms with Gasteiger partial charge in [-0.25, -0.2) is 4.79 Å². The number of methoxy groups -OCH3 is 1. The fourth-order valence-corrected chi connectivity index (χ4v) is 1.42. The lowest BCUT2D eigenvalue weighted by Crippen LogP contribution is -1.95. The summed E-state index contributed by atoms with van der Waals surface area (Å²) in [6, 6.07) is 6.05. The fourth-order valence-electron chi connectivity index (χ4n) is 1.42. The first kappa shape index (κ1) is 11.0. The third-order valence-corrected chi connectivity index (χ3v) is 2.29. The van der Waals surface area contributed by atoms with Crippen LogP contribution >= 0.6 is 0 Å². The molecule has 0 spiro atoms. The zero-order valence-electron chi connectivity index (χ0n) is 8.97. The monoisotopic (exact) mass is 234 g/mol. The highest BCUT2D eigenvalue weighted by molar-refractivity contribution is 5.87. The Bertz CT molecular complexity index is 562. The average molecular weight is 234 g/mol. The molecule has 0 amide bonds. The van der Waals surface area contributed by atoms with Crippen molar-refractivity contribution in [2.75, 3.05) is 7.11 Å². The van der Waals surface area contributed by atoms with E-state index in [1.807, 2.05) is 0 Å². The number of phenols is 1. The Kier molecular flexibility index (Phi) is 2.70. The summed E-state index contributed by atoms with van der Waals surface area (Å²) in [5, 5.41) is 24.7. The number of benzene rings is 1. The number of ether oxygens (including phenoxy) is 1. The van der Waals surface area contributed by atoms with Gasteiger partial charge in [-0.05, 0) is 18.2 Å². The number of aromatic carboxylic acids is 1. The first-order valence-electron chi connectivity index (χ1n) is 4.78. The van der Waals surface area contributed by atoms with E-state index >= 15 is 0 Å². The molecule has 0 saturated carbocycles. The molecule has 0 aliphatic rings. The summed E-state index contributed by atoms with van der Waals surface area (Å²) in [4.78, 5) is 10.7. The predicted octanol–water partition coefficient (Wildman–Crippen LogP) is 1.49. The molecule has 2 rings (SSSR count). The van der Waals surface area contributed by atoms with E-state index in [1.54, 1.807) is 12.1 Å². The fraction of sp³-hybridized carbons (Fsp3) is 0.0909. The molecule has 6 nitrogen and oxygen atoms in total. The van der Waals surface area contributed by atoms with E-state index in [0.29, 0.717) is 17.0 Å². The maximum atomic E-state index is 10.7. The van der Waals surface area contributed by atoms with Gasteiger partial charge >= 0.3 is 5.97 Å². The number of aromatic amines is 1. The largest absolute Gasteiger partial charge is 0.507 e. The van der Waals surface area contributed by atoms with Crippen LogP contribution in [0.5, 0.6) is 11.5 Å². The molecule has 17 heavy (non-hydrogen) atoms. The number of aromatic nitrogens is 2. The van der Waals surface area contributed by atoms with Crippen LogP contribution in [0.2, 0.25) is 0 Å². The molecule has 0 saturated heterocycles. The normalized spacial score (nSPS) is 10.2. The van der Waals surface area contributed by atoms with Crippen molar-refractivity contribution in [1.82, 2.24) is 10.2 Å². The van der Waals surface area contributed by atoms with Gasteiger partial charge in [-0.15, -0.1) is 0 Å². The highest BCUT2D eigenvalue weighted by atomic mass is 16.5. The van der Waals surface area contributed by atoms with E-state index in [2.05, 4.69) is 10.2 Å². The number of rotatable bonds is 3. The van der Waals surface area contributed by atoms with Crippen molar-refractivity contribution >= 4 is 5.97 Å². The van der Waals surface area contributed by atoms with Crippen LogP contribution in [0.25, 0.3) is 11.3 Å². The first-order valence-corrected chi connectivity index (χ1v) is 4.78. The van der Waals surface area contributed by atoms with Crippen LogP contribution in [0.4, 0.5) is 0 Å². The second-order valence-electron chi connectivity index (χ2n) is 3.36. The molecule has 1 aromatic carbocycles. The second kappa shape index (κ2) is 4.17. The molecule has 0 fully saturated rings. The molecular formula is C11H10N2O4. The van der Waals surface area contributed by atoms with Crippen LogP contribution in [-0.4, -0.2) is 33.5 Å². The van der Waals surface area contributed by atoms with E-state index in [-0.39, 0.29) is 11.4 Å². The van der Waals surface area contributed by atoms with Crippen molar-refractivity contribution in [3.8, 4) is 22.8 Å². The highest BCUT2D eigenvalue weighted by Crippen LogP contribution is 2.31. The third kappa shape index (κ3) is 2.05. The van der Waals surface area contributed by atoms with Crippen molar-refractivity contribution in [2.45, 2.75) is 0 Å². The number of carboxylic acids is 1. The Morgan fingerprint density at radius 2 is 2.18 bits per heavy atom. The molecule has 0 unspecified atom stereocenters. The number of carbonyl (C=O) groups is 1. The van der Waals surface area contributed by atoms with Gasteiger partial charge in [0.05, 0.1) is 12.8 Å².